The summed E-state index contributed by atoms with van der Waals surface area (Å²) in [5, 5.41) is 6.64. The van der Waals surface area contributed by atoms with Gasteiger partial charge in [0, 0.05) is 60.5 Å². The highest BCUT2D eigenvalue weighted by Gasteiger charge is 2.23. The minimum Gasteiger partial charge on any atom is -0.369 e. The van der Waals surface area contributed by atoms with Crippen LogP contribution < -0.4 is 20.3 Å². The lowest BCUT2D eigenvalue weighted by atomic mass is 10.1. The fourth-order valence-corrected chi connectivity index (χ4v) is 6.29. The summed E-state index contributed by atoms with van der Waals surface area (Å²) in [7, 11) is -1.62. The second-order valence-electron chi connectivity index (χ2n) is 11.8. The predicted octanol–water partition coefficient (Wildman–Crippen LogP) is 5.77. The third kappa shape index (κ3) is 7.44. The first kappa shape index (κ1) is 29.5. The molecule has 4 aromatic rings. The van der Waals surface area contributed by atoms with Crippen molar-refractivity contribution in [1.29, 1.82) is 0 Å². The first-order valence-electron chi connectivity index (χ1n) is 14.1. The van der Waals surface area contributed by atoms with Gasteiger partial charge in [0.05, 0.1) is 4.90 Å². The Hall–Kier alpha value is -3.99. The minimum atomic E-state index is -3.78. The van der Waals surface area contributed by atoms with E-state index in [1.165, 1.54) is 5.69 Å². The van der Waals surface area contributed by atoms with Gasteiger partial charge in [0.1, 0.15) is 5.82 Å². The quantitative estimate of drug-likeness (QED) is 0.240. The zero-order valence-electron chi connectivity index (χ0n) is 24.8. The summed E-state index contributed by atoms with van der Waals surface area (Å²) in [6.45, 7) is 11.5. The maximum absolute atomic E-state index is 13.3. The summed E-state index contributed by atoms with van der Waals surface area (Å²) >= 11 is 0. The van der Waals surface area contributed by atoms with Gasteiger partial charge in [0.15, 0.2) is 0 Å². The number of benzene rings is 3. The summed E-state index contributed by atoms with van der Waals surface area (Å²) in [6, 6.07) is 23.3. The van der Waals surface area contributed by atoms with Crippen molar-refractivity contribution >= 4 is 38.9 Å². The molecule has 220 valence electrons. The van der Waals surface area contributed by atoms with Crippen LogP contribution in [-0.4, -0.2) is 62.1 Å². The highest BCUT2D eigenvalue weighted by Crippen LogP contribution is 2.30. The van der Waals surface area contributed by atoms with Crippen molar-refractivity contribution in [2.45, 2.75) is 38.1 Å². The number of anilines is 5. The van der Waals surface area contributed by atoms with Crippen LogP contribution in [0.15, 0.2) is 83.9 Å². The van der Waals surface area contributed by atoms with Crippen molar-refractivity contribution in [2.75, 3.05) is 48.8 Å². The summed E-state index contributed by atoms with van der Waals surface area (Å²) in [5.74, 6) is 1.02. The number of hydrogen-bond donors (Lipinski definition) is 3. The molecule has 2 heterocycles. The number of aromatic nitrogens is 2. The first-order valence-corrected chi connectivity index (χ1v) is 15.6. The molecule has 1 fully saturated rings. The molecule has 9 nitrogen and oxygen atoms in total. The molecule has 0 aliphatic carbocycles. The Balaban J connectivity index is 1.40. The van der Waals surface area contributed by atoms with Gasteiger partial charge in [0.2, 0.25) is 16.0 Å². The Morgan fingerprint density at radius 2 is 1.50 bits per heavy atom. The van der Waals surface area contributed by atoms with Crippen LogP contribution >= 0.6 is 0 Å². The van der Waals surface area contributed by atoms with E-state index in [2.05, 4.69) is 49.3 Å². The average Bonchev–Trinajstić information content (AvgIpc) is 2.95. The molecular weight excluding hydrogens is 546 g/mol. The summed E-state index contributed by atoms with van der Waals surface area (Å²) < 4.78 is 29.4. The Kier molecular flexibility index (Phi) is 8.49. The normalized spacial score (nSPS) is 14.5. The molecule has 1 aliphatic heterocycles. The fraction of sp³-hybridized carbons (Fsp3) is 0.312. The zero-order valence-corrected chi connectivity index (χ0v) is 25.7. The molecule has 1 saturated heterocycles. The molecular formula is C32H39N7O2S. The van der Waals surface area contributed by atoms with Crippen LogP contribution in [0.2, 0.25) is 0 Å². The number of hydrogen-bond acceptors (Lipinski definition) is 8. The number of likely N-dealkylation sites (N-methyl/N-ethyl adjacent to an activating group) is 1. The topological polar surface area (TPSA) is 102 Å². The van der Waals surface area contributed by atoms with Gasteiger partial charge in [-0.15, -0.1) is 0 Å². The summed E-state index contributed by atoms with van der Waals surface area (Å²) in [4.78, 5) is 14.1. The standard InChI is InChI=1S/C32H39N7O2S/c1-23-22-33-31(35-26-11-13-28(14-12-26)39-17-15-38(5)16-18-39)36-30(23)34-27-19-25(24-9-7-6-8-10-24)20-29(21-27)42(40,41)37-32(2,3)4/h6-14,19-22,37H,15-18H2,1-5H3,(H2,33,34,35,36). The van der Waals surface area contributed by atoms with Crippen LogP contribution in [0.3, 0.4) is 0 Å². The molecule has 42 heavy (non-hydrogen) atoms. The van der Waals surface area contributed by atoms with Crippen molar-refractivity contribution in [1.82, 2.24) is 19.6 Å². The lowest BCUT2D eigenvalue weighted by Crippen LogP contribution is -2.44. The van der Waals surface area contributed by atoms with Crippen LogP contribution in [-0.2, 0) is 10.0 Å². The lowest BCUT2D eigenvalue weighted by molar-refractivity contribution is 0.313. The minimum absolute atomic E-state index is 0.173. The molecule has 5 rings (SSSR count). The Labute approximate surface area is 249 Å². The number of piperazine rings is 1. The van der Waals surface area contributed by atoms with Gasteiger partial charge >= 0.3 is 0 Å². The highest BCUT2D eigenvalue weighted by molar-refractivity contribution is 7.89. The van der Waals surface area contributed by atoms with Crippen molar-refractivity contribution in [3.05, 3.63) is 84.6 Å². The molecule has 0 bridgehead atoms. The predicted molar refractivity (Wildman–Crippen MR) is 171 cm³/mol. The van der Waals surface area contributed by atoms with Gasteiger partial charge in [-0.2, -0.15) is 4.98 Å². The second kappa shape index (κ2) is 12.1. The Morgan fingerprint density at radius 3 is 2.17 bits per heavy atom. The SMILES string of the molecule is Cc1cnc(Nc2ccc(N3CCN(C)CC3)cc2)nc1Nc1cc(-c2ccccc2)cc(S(=O)(=O)NC(C)(C)C)c1. The third-order valence-corrected chi connectivity index (χ3v) is 8.73. The van der Waals surface area contributed by atoms with E-state index in [4.69, 9.17) is 4.98 Å². The maximum atomic E-state index is 13.3. The van der Waals surface area contributed by atoms with Crippen LogP contribution in [0, 0.1) is 6.92 Å². The molecule has 0 radical (unpaired) electrons. The van der Waals surface area contributed by atoms with Crippen molar-refractivity contribution in [2.24, 2.45) is 0 Å². The van der Waals surface area contributed by atoms with Crippen molar-refractivity contribution < 1.29 is 8.42 Å². The van der Waals surface area contributed by atoms with Gasteiger partial charge < -0.3 is 20.4 Å². The fourth-order valence-electron chi connectivity index (χ4n) is 4.80. The van der Waals surface area contributed by atoms with Crippen molar-refractivity contribution in [3.8, 4) is 11.1 Å². The Morgan fingerprint density at radius 1 is 0.810 bits per heavy atom. The van der Waals surface area contributed by atoms with E-state index in [9.17, 15) is 8.42 Å². The number of aryl methyl sites for hydroxylation is 1. The van der Waals surface area contributed by atoms with E-state index >= 15 is 0 Å². The molecule has 3 N–H and O–H groups in total. The second-order valence-corrected chi connectivity index (χ2v) is 13.5. The zero-order chi connectivity index (χ0) is 29.9. The highest BCUT2D eigenvalue weighted by atomic mass is 32.2. The van der Waals surface area contributed by atoms with Crippen LogP contribution in [0.4, 0.5) is 28.8 Å². The van der Waals surface area contributed by atoms with E-state index < -0.39 is 15.6 Å². The molecule has 3 aromatic carbocycles. The van der Waals surface area contributed by atoms with E-state index in [-0.39, 0.29) is 4.90 Å². The molecule has 0 spiro atoms. The van der Waals surface area contributed by atoms with E-state index in [0.717, 1.165) is 48.6 Å². The smallest absolute Gasteiger partial charge is 0.241 e. The van der Waals surface area contributed by atoms with Crippen LogP contribution in [0.1, 0.15) is 26.3 Å². The van der Waals surface area contributed by atoms with E-state index in [1.54, 1.807) is 18.3 Å². The van der Waals surface area contributed by atoms with E-state index in [1.807, 2.05) is 76.2 Å². The van der Waals surface area contributed by atoms with Crippen LogP contribution in [0.25, 0.3) is 11.1 Å². The number of sulfonamides is 1. The third-order valence-electron chi connectivity index (χ3n) is 6.99. The van der Waals surface area contributed by atoms with Gasteiger partial charge in [-0.05, 0) is 88.3 Å². The maximum Gasteiger partial charge on any atom is 0.241 e. The first-order chi connectivity index (χ1) is 19.9. The van der Waals surface area contributed by atoms with E-state index in [0.29, 0.717) is 17.5 Å². The van der Waals surface area contributed by atoms with Gasteiger partial charge in [-0.3, -0.25) is 0 Å². The Bertz CT molecular complexity index is 1630. The molecule has 0 saturated carbocycles. The average molecular weight is 586 g/mol. The van der Waals surface area contributed by atoms with Crippen molar-refractivity contribution in [3.63, 3.8) is 0 Å². The monoisotopic (exact) mass is 585 g/mol. The van der Waals surface area contributed by atoms with Gasteiger partial charge in [0.25, 0.3) is 0 Å². The van der Waals surface area contributed by atoms with Crippen LogP contribution in [0.5, 0.6) is 0 Å². The molecule has 1 aromatic heterocycles. The number of nitrogens with one attached hydrogen (secondary N) is 3. The molecule has 0 amide bonds. The summed E-state index contributed by atoms with van der Waals surface area (Å²) in [5.41, 5.74) is 4.58. The lowest BCUT2D eigenvalue weighted by Gasteiger charge is -2.34. The molecule has 0 atom stereocenters. The molecule has 0 unspecified atom stereocenters. The summed E-state index contributed by atoms with van der Waals surface area (Å²) in [6.07, 6.45) is 1.75. The van der Waals surface area contributed by atoms with Gasteiger partial charge in [-0.25, -0.2) is 18.1 Å². The largest absolute Gasteiger partial charge is 0.369 e. The van der Waals surface area contributed by atoms with Gasteiger partial charge in [-0.1, -0.05) is 30.3 Å². The number of nitrogens with zero attached hydrogens (tertiary/aromatic N) is 4. The molecule has 10 heteroatoms. The number of rotatable bonds is 8. The molecule has 1 aliphatic rings.